The summed E-state index contributed by atoms with van der Waals surface area (Å²) in [5, 5.41) is 12.0. The molecule has 0 saturated carbocycles. The Morgan fingerprint density at radius 1 is 1.03 bits per heavy atom. The van der Waals surface area contributed by atoms with Crippen LogP contribution in [0.3, 0.4) is 0 Å². The minimum atomic E-state index is -0.605. The number of nitrogens with zero attached hydrogens (tertiary/aromatic N) is 3. The van der Waals surface area contributed by atoms with Crippen LogP contribution >= 0.6 is 23.4 Å². The second kappa shape index (κ2) is 12.6. The topological polar surface area (TPSA) is 75.5 Å². The molecule has 39 heavy (non-hydrogen) atoms. The molecule has 2 heterocycles. The lowest BCUT2D eigenvalue weighted by Crippen LogP contribution is -2.50. The number of carbonyl (C=O) groups is 1. The van der Waals surface area contributed by atoms with Crippen molar-refractivity contribution in [2.45, 2.75) is 45.9 Å². The highest BCUT2D eigenvalue weighted by atomic mass is 35.5. The number of amides is 1. The van der Waals surface area contributed by atoms with Gasteiger partial charge in [-0.1, -0.05) is 91.7 Å². The van der Waals surface area contributed by atoms with E-state index in [1.807, 2.05) is 73.7 Å². The molecular formula is C30H31ClN4O3S. The van der Waals surface area contributed by atoms with Crippen LogP contribution in [0, 0.1) is 0 Å². The van der Waals surface area contributed by atoms with Crippen molar-refractivity contribution in [3.05, 3.63) is 93.5 Å². The van der Waals surface area contributed by atoms with Crippen LogP contribution in [0.25, 0.3) is 5.70 Å². The maximum Gasteiger partial charge on any atom is 0.276 e. The number of para-hydroxylation sites is 1. The molecule has 0 fully saturated rings. The second-order valence-electron chi connectivity index (χ2n) is 9.17. The van der Waals surface area contributed by atoms with E-state index in [4.69, 9.17) is 31.2 Å². The maximum atomic E-state index is 13.4. The molecule has 0 saturated heterocycles. The van der Waals surface area contributed by atoms with Gasteiger partial charge in [-0.3, -0.25) is 15.1 Å². The van der Waals surface area contributed by atoms with Crippen LogP contribution in [0.4, 0.5) is 0 Å². The number of fused-ring (bicyclic) bond motifs is 2. The van der Waals surface area contributed by atoms with Crippen LogP contribution in [-0.4, -0.2) is 28.4 Å². The Bertz CT molecular complexity index is 1500. The molecule has 0 aliphatic carbocycles. The van der Waals surface area contributed by atoms with E-state index in [1.54, 1.807) is 16.8 Å². The minimum absolute atomic E-state index is 0.200. The smallest absolute Gasteiger partial charge is 0.276 e. The predicted octanol–water partition coefficient (Wildman–Crippen LogP) is 5.38. The van der Waals surface area contributed by atoms with Crippen molar-refractivity contribution in [3.63, 3.8) is 0 Å². The molecule has 1 N–H and O–H groups in total. The van der Waals surface area contributed by atoms with Gasteiger partial charge in [0.15, 0.2) is 22.8 Å². The van der Waals surface area contributed by atoms with Crippen LogP contribution in [-0.2, 0) is 11.4 Å². The SMILES string of the molecule is CCCCCSC1=NN2C(=c3ccccc3=N[C@@H]2c2cc(Cl)c(OCc3ccccc3)c(OCC)c2)C(=O)N1. The predicted molar refractivity (Wildman–Crippen MR) is 156 cm³/mol. The fourth-order valence-corrected chi connectivity index (χ4v) is 5.63. The zero-order valence-corrected chi connectivity index (χ0v) is 23.6. The summed E-state index contributed by atoms with van der Waals surface area (Å²) in [5.41, 5.74) is 2.23. The highest BCUT2D eigenvalue weighted by Crippen LogP contribution is 2.41. The van der Waals surface area contributed by atoms with Gasteiger partial charge in [0.1, 0.15) is 12.3 Å². The Morgan fingerprint density at radius 3 is 2.62 bits per heavy atom. The molecule has 2 aliphatic rings. The Hall–Kier alpha value is -3.49. The molecule has 3 aromatic rings. The molecule has 2 aliphatic heterocycles. The Morgan fingerprint density at radius 2 is 1.82 bits per heavy atom. The standard InChI is InChI=1S/C30H31ClN4O3S/c1-3-5-11-16-39-30-33-29(36)26-22-14-9-10-15-24(22)32-28(35(26)34-30)21-17-23(31)27(25(18-21)37-4-2)38-19-20-12-7-6-8-13-20/h6-10,12-15,17-18,28H,3-5,11,16,19H2,1-2H3,(H,33,34,36)/t28-/m0/s1. The van der Waals surface area contributed by atoms with Gasteiger partial charge < -0.3 is 9.47 Å². The van der Waals surface area contributed by atoms with Gasteiger partial charge in [0.25, 0.3) is 5.91 Å². The molecule has 1 atom stereocenters. The van der Waals surface area contributed by atoms with Gasteiger partial charge in [0, 0.05) is 16.5 Å². The van der Waals surface area contributed by atoms with Crippen molar-refractivity contribution >= 4 is 40.1 Å². The van der Waals surface area contributed by atoms with E-state index < -0.39 is 6.17 Å². The molecule has 0 spiro atoms. The molecule has 202 valence electrons. The molecule has 0 radical (unpaired) electrons. The van der Waals surface area contributed by atoms with Gasteiger partial charge in [-0.2, -0.15) is 0 Å². The van der Waals surface area contributed by atoms with Gasteiger partial charge >= 0.3 is 0 Å². The number of unbranched alkanes of at least 4 members (excludes halogenated alkanes) is 2. The summed E-state index contributed by atoms with van der Waals surface area (Å²) in [6, 6.07) is 21.2. The van der Waals surface area contributed by atoms with Crippen LogP contribution in [0.15, 0.2) is 76.8 Å². The third-order valence-corrected chi connectivity index (χ3v) is 7.59. The van der Waals surface area contributed by atoms with E-state index in [-0.39, 0.29) is 5.91 Å². The second-order valence-corrected chi connectivity index (χ2v) is 10.7. The number of amidine groups is 1. The summed E-state index contributed by atoms with van der Waals surface area (Å²) in [6.45, 7) is 4.87. The first-order chi connectivity index (χ1) is 19.1. The van der Waals surface area contributed by atoms with Crippen LogP contribution < -0.4 is 25.4 Å². The number of benzene rings is 3. The number of carbonyl (C=O) groups excluding carboxylic acids is 1. The first kappa shape index (κ1) is 27.1. The van der Waals surface area contributed by atoms with Crippen LogP contribution in [0.5, 0.6) is 11.5 Å². The number of nitrogens with one attached hydrogen (secondary N) is 1. The summed E-state index contributed by atoms with van der Waals surface area (Å²) in [6.07, 6.45) is 2.72. The fraction of sp³-hybridized carbons (Fsp3) is 0.300. The van der Waals surface area contributed by atoms with E-state index in [9.17, 15) is 4.79 Å². The van der Waals surface area contributed by atoms with E-state index in [0.717, 1.165) is 46.7 Å². The number of hydrogen-bond acceptors (Lipinski definition) is 7. The van der Waals surface area contributed by atoms with Crippen molar-refractivity contribution in [2.24, 2.45) is 10.1 Å². The summed E-state index contributed by atoms with van der Waals surface area (Å²) in [4.78, 5) is 18.4. The summed E-state index contributed by atoms with van der Waals surface area (Å²) < 4.78 is 12.1. The van der Waals surface area contributed by atoms with Crippen LogP contribution in [0.1, 0.15) is 50.4 Å². The molecule has 0 bridgehead atoms. The average Bonchev–Trinajstić information content (AvgIpc) is 2.95. The summed E-state index contributed by atoms with van der Waals surface area (Å²) in [7, 11) is 0. The zero-order valence-electron chi connectivity index (χ0n) is 22.0. The molecule has 7 nitrogen and oxygen atoms in total. The third-order valence-electron chi connectivity index (χ3n) is 6.36. The third kappa shape index (κ3) is 6.07. The van der Waals surface area contributed by atoms with Gasteiger partial charge in [-0.25, -0.2) is 5.01 Å². The van der Waals surface area contributed by atoms with E-state index in [2.05, 4.69) is 12.2 Å². The Kier molecular flexibility index (Phi) is 8.74. The van der Waals surface area contributed by atoms with Crippen molar-refractivity contribution in [3.8, 4) is 11.5 Å². The lowest BCUT2D eigenvalue weighted by Gasteiger charge is -2.34. The molecular weight excluding hydrogens is 532 g/mol. The summed E-state index contributed by atoms with van der Waals surface area (Å²) in [5.74, 6) is 1.67. The first-order valence-corrected chi connectivity index (χ1v) is 14.6. The zero-order chi connectivity index (χ0) is 27.2. The number of halogens is 1. The van der Waals surface area contributed by atoms with Crippen molar-refractivity contribution in [1.29, 1.82) is 0 Å². The highest BCUT2D eigenvalue weighted by Gasteiger charge is 2.35. The number of rotatable bonds is 10. The number of hydrogen-bond donors (Lipinski definition) is 1. The largest absolute Gasteiger partial charge is 0.490 e. The van der Waals surface area contributed by atoms with Crippen molar-refractivity contribution in [1.82, 2.24) is 10.3 Å². The number of hydrazone groups is 1. The summed E-state index contributed by atoms with van der Waals surface area (Å²) >= 11 is 8.34. The normalized spacial score (nSPS) is 16.0. The van der Waals surface area contributed by atoms with Gasteiger partial charge in [0.2, 0.25) is 0 Å². The lowest BCUT2D eigenvalue weighted by atomic mass is 10.1. The number of thioether (sulfide) groups is 1. The highest BCUT2D eigenvalue weighted by molar-refractivity contribution is 8.13. The van der Waals surface area contributed by atoms with E-state index in [1.165, 1.54) is 0 Å². The van der Waals surface area contributed by atoms with Crippen LogP contribution in [0.2, 0.25) is 5.02 Å². The van der Waals surface area contributed by atoms with Crippen molar-refractivity contribution < 1.29 is 14.3 Å². The molecule has 9 heteroatoms. The molecule has 3 aromatic carbocycles. The molecule has 0 unspecified atom stereocenters. The fourth-order valence-electron chi connectivity index (χ4n) is 4.50. The first-order valence-electron chi connectivity index (χ1n) is 13.2. The molecule has 1 amide bonds. The monoisotopic (exact) mass is 562 g/mol. The van der Waals surface area contributed by atoms with Gasteiger partial charge in [0.05, 0.1) is 17.0 Å². The average molecular weight is 563 g/mol. The van der Waals surface area contributed by atoms with E-state index in [0.29, 0.717) is 40.6 Å². The molecule has 0 aromatic heterocycles. The van der Waals surface area contributed by atoms with Crippen molar-refractivity contribution in [2.75, 3.05) is 12.4 Å². The quantitative estimate of drug-likeness (QED) is 0.336. The van der Waals surface area contributed by atoms with E-state index >= 15 is 0 Å². The maximum absolute atomic E-state index is 13.4. The Balaban J connectivity index is 1.53. The minimum Gasteiger partial charge on any atom is -0.490 e. The molecule has 5 rings (SSSR count). The Labute approximate surface area is 237 Å². The lowest BCUT2D eigenvalue weighted by molar-refractivity contribution is -0.116. The van der Waals surface area contributed by atoms with Gasteiger partial charge in [-0.15, -0.1) is 5.10 Å². The number of ether oxygens (including phenoxy) is 2. The van der Waals surface area contributed by atoms with Gasteiger partial charge in [-0.05, 0) is 37.1 Å².